The quantitative estimate of drug-likeness (QED) is 0.0820. The predicted molar refractivity (Wildman–Crippen MR) is 251 cm³/mol. The van der Waals surface area contributed by atoms with Crippen molar-refractivity contribution in [2.24, 2.45) is 11.8 Å². The van der Waals surface area contributed by atoms with Gasteiger partial charge in [0, 0.05) is 46.7 Å². The molecule has 340 valence electrons. The van der Waals surface area contributed by atoms with Crippen LogP contribution in [0.3, 0.4) is 0 Å². The highest BCUT2D eigenvalue weighted by atomic mass is 35.5. The normalized spacial score (nSPS) is 22.3. The molecule has 1 aliphatic heterocycles. The lowest BCUT2D eigenvalue weighted by atomic mass is 9.59. The number of hydrogen-bond donors (Lipinski definition) is 3. The highest BCUT2D eigenvalue weighted by Gasteiger charge is 2.54. The van der Waals surface area contributed by atoms with Gasteiger partial charge in [-0.2, -0.15) is 0 Å². The summed E-state index contributed by atoms with van der Waals surface area (Å²) in [5.41, 5.74) is 7.05. The molecule has 1 spiro atoms. The Bertz CT molecular complexity index is 2520. The number of nitrogens with zero attached hydrogens (tertiary/aromatic N) is 2. The topological polar surface area (TPSA) is 141 Å². The number of pyridine rings is 2. The van der Waals surface area contributed by atoms with Crippen LogP contribution in [0.25, 0.3) is 11.3 Å². The maximum absolute atomic E-state index is 13.1. The van der Waals surface area contributed by atoms with E-state index in [-0.39, 0.29) is 17.2 Å². The van der Waals surface area contributed by atoms with Crippen LogP contribution in [0.5, 0.6) is 23.1 Å². The molecule has 1 saturated carbocycles. The molecule has 3 atom stereocenters. The van der Waals surface area contributed by atoms with E-state index in [0.29, 0.717) is 106 Å². The van der Waals surface area contributed by atoms with Crippen molar-refractivity contribution in [1.29, 1.82) is 0 Å². The second-order valence-electron chi connectivity index (χ2n) is 18.6. The van der Waals surface area contributed by atoms with Crippen molar-refractivity contribution in [3.05, 3.63) is 124 Å². The fraction of sp³-hybridized carbons (Fsp3) is 0.434. The molecule has 5 aromatic rings. The molecule has 65 heavy (non-hydrogen) atoms. The van der Waals surface area contributed by atoms with Crippen molar-refractivity contribution >= 4 is 29.2 Å². The summed E-state index contributed by atoms with van der Waals surface area (Å²) in [5, 5.41) is 17.8. The molecule has 3 N–H and O–H groups in total. The van der Waals surface area contributed by atoms with E-state index in [2.05, 4.69) is 46.6 Å². The second-order valence-corrected chi connectivity index (χ2v) is 19.1. The Morgan fingerprint density at radius 1 is 0.969 bits per heavy atom. The summed E-state index contributed by atoms with van der Waals surface area (Å²) in [4.78, 5) is 35.4. The van der Waals surface area contributed by atoms with Crippen LogP contribution >= 0.6 is 11.6 Å². The van der Waals surface area contributed by atoms with E-state index in [1.54, 1.807) is 12.1 Å². The van der Waals surface area contributed by atoms with Crippen molar-refractivity contribution in [3.8, 4) is 34.4 Å². The Morgan fingerprint density at radius 3 is 2.66 bits per heavy atom. The average molecular weight is 900 g/mol. The van der Waals surface area contributed by atoms with Crippen LogP contribution < -0.4 is 29.6 Å². The van der Waals surface area contributed by atoms with E-state index in [4.69, 9.17) is 30.5 Å². The SMILES string of the molecule is C[C@@H](COc1ccnc2c1[C@H](C)CCC2)C[C@H]1Cc2ccc(OCCCC(=O)NCc3cccc(-c4ccc5c(n4)OCCO5)c3)cc2C12CCC(Nc1cccc(Cl)c1)(C(=O)O)CC2. The summed E-state index contributed by atoms with van der Waals surface area (Å²) in [5.74, 6) is 3.00. The summed E-state index contributed by atoms with van der Waals surface area (Å²) in [6.07, 6.45) is 10.3. The van der Waals surface area contributed by atoms with E-state index < -0.39 is 11.5 Å². The van der Waals surface area contributed by atoms with Crippen LogP contribution in [0, 0.1) is 11.8 Å². The molecule has 0 saturated heterocycles. The van der Waals surface area contributed by atoms with E-state index in [1.165, 1.54) is 22.4 Å². The number of aromatic nitrogens is 2. The zero-order valence-corrected chi connectivity index (χ0v) is 38.1. The highest BCUT2D eigenvalue weighted by molar-refractivity contribution is 6.30. The van der Waals surface area contributed by atoms with Crippen LogP contribution in [0.1, 0.15) is 106 Å². The smallest absolute Gasteiger partial charge is 0.329 e. The summed E-state index contributed by atoms with van der Waals surface area (Å²) in [7, 11) is 0. The lowest BCUT2D eigenvalue weighted by Gasteiger charge is -2.47. The number of anilines is 1. The van der Waals surface area contributed by atoms with Gasteiger partial charge in [-0.15, -0.1) is 0 Å². The first-order valence-corrected chi connectivity index (χ1v) is 23.7. The van der Waals surface area contributed by atoms with Gasteiger partial charge in [-0.1, -0.05) is 55.8 Å². The van der Waals surface area contributed by atoms with Crippen LogP contribution in [0.15, 0.2) is 91.1 Å². The van der Waals surface area contributed by atoms with E-state index >= 15 is 0 Å². The number of ether oxygens (including phenoxy) is 4. The number of benzene rings is 3. The molecule has 2 aromatic heterocycles. The molecule has 3 heterocycles. The Hall–Kier alpha value is -5.81. The van der Waals surface area contributed by atoms with Gasteiger partial charge in [0.15, 0.2) is 5.75 Å². The number of carboxylic acid groups (broad SMARTS) is 1. The number of aryl methyl sites for hydroxylation is 1. The molecule has 11 nitrogen and oxygen atoms in total. The largest absolute Gasteiger partial charge is 0.494 e. The number of carbonyl (C=O) groups is 2. The zero-order valence-electron chi connectivity index (χ0n) is 37.4. The average Bonchev–Trinajstić information content (AvgIpc) is 3.60. The maximum Gasteiger partial charge on any atom is 0.329 e. The van der Waals surface area contributed by atoms with E-state index in [1.807, 2.05) is 66.9 Å². The number of carboxylic acids is 1. The number of halogens is 1. The Labute approximate surface area is 386 Å². The minimum absolute atomic E-state index is 0.0425. The highest BCUT2D eigenvalue weighted by Crippen LogP contribution is 2.57. The molecule has 3 aliphatic carbocycles. The number of fused-ring (bicyclic) bond motifs is 4. The maximum atomic E-state index is 13.1. The van der Waals surface area contributed by atoms with Gasteiger partial charge in [0.1, 0.15) is 30.3 Å². The summed E-state index contributed by atoms with van der Waals surface area (Å²) < 4.78 is 24.3. The number of hydrogen-bond acceptors (Lipinski definition) is 9. The lowest BCUT2D eigenvalue weighted by Crippen LogP contribution is -2.53. The van der Waals surface area contributed by atoms with Crippen LogP contribution in [0.4, 0.5) is 5.69 Å². The molecule has 9 rings (SSSR count). The van der Waals surface area contributed by atoms with Gasteiger partial charge >= 0.3 is 5.97 Å². The Morgan fingerprint density at radius 2 is 1.82 bits per heavy atom. The fourth-order valence-electron chi connectivity index (χ4n) is 10.8. The van der Waals surface area contributed by atoms with E-state index in [0.717, 1.165) is 60.4 Å². The standard InChI is InChI=1S/C53H59ClN4O7/c1-34(33-65-46-18-23-55-45-12-3-7-35(2)49(45)46)27-39-29-37-14-15-42(31-43(37)52(39)19-21-53(22-20-52,51(60)61)58-41-11-5-10-40(54)30-41)62-24-6-13-48(59)56-32-36-8-4-9-38(28-36)44-16-17-47-50(57-44)64-26-25-63-47/h4-5,8-11,14-18,23,28,30-31,34-35,39,58H,3,6-7,12-13,19-22,24-27,29,32-33H2,1-2H3,(H,56,59)(H,60,61)/t34-,35-,39+,52?,53?/m1/s1. The molecule has 3 aromatic carbocycles. The van der Waals surface area contributed by atoms with Crippen molar-refractivity contribution in [2.75, 3.05) is 31.7 Å². The third-order valence-electron chi connectivity index (χ3n) is 14.2. The van der Waals surface area contributed by atoms with Gasteiger partial charge < -0.3 is 34.7 Å². The van der Waals surface area contributed by atoms with E-state index in [9.17, 15) is 14.7 Å². The fourth-order valence-corrected chi connectivity index (χ4v) is 11.0. The minimum Gasteiger partial charge on any atom is -0.494 e. The van der Waals surface area contributed by atoms with Crippen LogP contribution in [0.2, 0.25) is 5.02 Å². The first-order chi connectivity index (χ1) is 31.6. The van der Waals surface area contributed by atoms with Gasteiger partial charge in [-0.3, -0.25) is 9.78 Å². The Kier molecular flexibility index (Phi) is 13.2. The monoisotopic (exact) mass is 898 g/mol. The molecule has 4 aliphatic rings. The molecule has 0 radical (unpaired) electrons. The third-order valence-corrected chi connectivity index (χ3v) is 14.4. The second kappa shape index (κ2) is 19.3. The van der Waals surface area contributed by atoms with Crippen molar-refractivity contribution < 1.29 is 33.6 Å². The minimum atomic E-state index is -1.11. The molecule has 1 amide bonds. The summed E-state index contributed by atoms with van der Waals surface area (Å²) in [6.45, 7) is 6.94. The first-order valence-electron chi connectivity index (χ1n) is 23.3. The summed E-state index contributed by atoms with van der Waals surface area (Å²) >= 11 is 6.33. The van der Waals surface area contributed by atoms with Gasteiger partial charge in [0.2, 0.25) is 5.91 Å². The molecule has 1 fully saturated rings. The summed E-state index contributed by atoms with van der Waals surface area (Å²) in [6, 6.07) is 27.5. The molecular formula is C53H59ClN4O7. The molecular weight excluding hydrogens is 840 g/mol. The van der Waals surface area contributed by atoms with Gasteiger partial charge in [0.25, 0.3) is 5.88 Å². The number of aliphatic carboxylic acids is 1. The lowest BCUT2D eigenvalue weighted by molar-refractivity contribution is -0.144. The van der Waals surface area contributed by atoms with Gasteiger partial charge in [-0.05, 0) is 159 Å². The zero-order chi connectivity index (χ0) is 45.0. The van der Waals surface area contributed by atoms with Crippen molar-refractivity contribution in [1.82, 2.24) is 15.3 Å². The van der Waals surface area contributed by atoms with Crippen molar-refractivity contribution in [2.45, 2.75) is 108 Å². The number of nitrogens with one attached hydrogen (secondary N) is 2. The van der Waals surface area contributed by atoms with Gasteiger partial charge in [0.05, 0.1) is 18.9 Å². The van der Waals surface area contributed by atoms with Gasteiger partial charge in [-0.25, -0.2) is 9.78 Å². The Balaban J connectivity index is 0.844. The van der Waals surface area contributed by atoms with Crippen molar-refractivity contribution in [3.63, 3.8) is 0 Å². The first kappa shape index (κ1) is 44.4. The van der Waals surface area contributed by atoms with Crippen LogP contribution in [-0.4, -0.2) is 58.9 Å². The molecule has 0 bridgehead atoms. The number of amides is 1. The van der Waals surface area contributed by atoms with Crippen LogP contribution in [-0.2, 0) is 34.4 Å². The third kappa shape index (κ3) is 9.76. The number of carbonyl (C=O) groups excluding carboxylic acids is 1. The predicted octanol–water partition coefficient (Wildman–Crippen LogP) is 10.5. The number of rotatable bonds is 16. The molecule has 0 unspecified atom stereocenters. The molecule has 12 heteroatoms.